The van der Waals surface area contributed by atoms with E-state index in [1.54, 1.807) is 12.1 Å². The summed E-state index contributed by atoms with van der Waals surface area (Å²) in [5, 5.41) is 0.900. The number of halogens is 3. The van der Waals surface area contributed by atoms with Gasteiger partial charge in [0.2, 0.25) is 0 Å². The van der Waals surface area contributed by atoms with E-state index in [2.05, 4.69) is 22.9 Å². The molecule has 0 spiro atoms. The lowest BCUT2D eigenvalue weighted by molar-refractivity contribution is 0.627. The molecule has 1 aromatic rings. The van der Waals surface area contributed by atoms with Crippen LogP contribution < -0.4 is 0 Å². The maximum absolute atomic E-state index is 12.7. The quantitative estimate of drug-likeness (QED) is 0.701. The van der Waals surface area contributed by atoms with Crippen LogP contribution in [0, 0.1) is 12.7 Å². The molecule has 0 heterocycles. The van der Waals surface area contributed by atoms with Crippen molar-refractivity contribution in [2.75, 3.05) is 5.33 Å². The van der Waals surface area contributed by atoms with Crippen molar-refractivity contribution < 1.29 is 4.39 Å². The van der Waals surface area contributed by atoms with Crippen molar-refractivity contribution in [2.24, 2.45) is 0 Å². The molecule has 0 amide bonds. The first kappa shape index (κ1) is 10.0. The van der Waals surface area contributed by atoms with Gasteiger partial charge in [-0.2, -0.15) is 0 Å². The minimum absolute atomic E-state index is 0.114. The molecule has 12 heavy (non-hydrogen) atoms. The molecule has 65 valence electrons. The fourth-order valence-electron chi connectivity index (χ4n) is 0.855. The highest BCUT2D eigenvalue weighted by Crippen LogP contribution is 2.22. The van der Waals surface area contributed by atoms with E-state index in [0.29, 0.717) is 0 Å². The van der Waals surface area contributed by atoms with Gasteiger partial charge in [-0.15, -0.1) is 0 Å². The number of hydrogen-bond donors (Lipinski definition) is 0. The summed E-state index contributed by atoms with van der Waals surface area (Å²) in [5.74, 6) is -0.273. The number of alkyl halides is 1. The van der Waals surface area contributed by atoms with Crippen molar-refractivity contribution in [3.05, 3.63) is 41.5 Å². The second kappa shape index (κ2) is 4.24. The molecule has 0 nitrogen and oxygen atoms in total. The van der Waals surface area contributed by atoms with Crippen LogP contribution in [-0.4, -0.2) is 5.33 Å². The van der Waals surface area contributed by atoms with Crippen molar-refractivity contribution in [3.8, 4) is 0 Å². The molecule has 0 bridgehead atoms. The summed E-state index contributed by atoms with van der Waals surface area (Å²) in [6.07, 6.45) is 0. The number of benzene rings is 1. The van der Waals surface area contributed by atoms with E-state index in [9.17, 15) is 4.39 Å². The first-order chi connectivity index (χ1) is 5.65. The third-order valence-corrected chi connectivity index (χ3v) is 2.67. The standard InChI is InChI=1S/C9H8BrClF/c1-6(5-10)7-2-3-9(12)8(11)4-7/h2-4,6H,1,5H2. The summed E-state index contributed by atoms with van der Waals surface area (Å²) < 4.78 is 12.7. The molecule has 3 heteroatoms. The number of hydrogen-bond acceptors (Lipinski definition) is 0. The molecule has 0 saturated heterocycles. The van der Waals surface area contributed by atoms with E-state index in [1.807, 2.05) is 0 Å². The minimum Gasteiger partial charge on any atom is -0.205 e. The van der Waals surface area contributed by atoms with Crippen LogP contribution in [-0.2, 0) is 0 Å². The molecular weight excluding hydrogens is 242 g/mol. The Morgan fingerprint density at radius 2 is 2.25 bits per heavy atom. The van der Waals surface area contributed by atoms with Gasteiger partial charge in [0.15, 0.2) is 0 Å². The van der Waals surface area contributed by atoms with Gasteiger partial charge >= 0.3 is 0 Å². The lowest BCUT2D eigenvalue weighted by Gasteiger charge is -2.07. The molecule has 1 radical (unpaired) electrons. The summed E-state index contributed by atoms with van der Waals surface area (Å²) in [5.41, 5.74) is 0.943. The fraction of sp³-hybridized carbons (Fsp3) is 0.222. The van der Waals surface area contributed by atoms with Crippen molar-refractivity contribution in [3.63, 3.8) is 0 Å². The Morgan fingerprint density at radius 3 is 2.75 bits per heavy atom. The van der Waals surface area contributed by atoms with Crippen molar-refractivity contribution >= 4 is 27.5 Å². The Bertz CT molecular complexity index is 275. The average molecular weight is 251 g/mol. The summed E-state index contributed by atoms with van der Waals surface area (Å²) in [6.45, 7) is 3.87. The second-order valence-corrected chi connectivity index (χ2v) is 3.58. The zero-order valence-corrected chi connectivity index (χ0v) is 8.70. The van der Waals surface area contributed by atoms with Crippen LogP contribution >= 0.6 is 27.5 Å². The zero-order chi connectivity index (χ0) is 9.14. The van der Waals surface area contributed by atoms with Gasteiger partial charge in [0, 0.05) is 5.33 Å². The van der Waals surface area contributed by atoms with Crippen LogP contribution in [0.1, 0.15) is 11.5 Å². The van der Waals surface area contributed by atoms with Gasteiger partial charge in [0.1, 0.15) is 5.82 Å². The monoisotopic (exact) mass is 249 g/mol. The van der Waals surface area contributed by atoms with E-state index in [0.717, 1.165) is 10.9 Å². The SMILES string of the molecule is [CH2]C(CBr)c1ccc(F)c(Cl)c1. The van der Waals surface area contributed by atoms with Crippen LogP contribution in [0.25, 0.3) is 0 Å². The van der Waals surface area contributed by atoms with Crippen molar-refractivity contribution in [1.29, 1.82) is 0 Å². The topological polar surface area (TPSA) is 0 Å². The van der Waals surface area contributed by atoms with Crippen molar-refractivity contribution in [1.82, 2.24) is 0 Å². The lowest BCUT2D eigenvalue weighted by atomic mass is 10.0. The Hall–Kier alpha value is -0.0800. The molecule has 1 atom stereocenters. The molecule has 1 aromatic carbocycles. The van der Waals surface area contributed by atoms with Gasteiger partial charge < -0.3 is 0 Å². The van der Waals surface area contributed by atoms with Crippen LogP contribution in [0.5, 0.6) is 0 Å². The average Bonchev–Trinajstić information content (AvgIpc) is 2.08. The van der Waals surface area contributed by atoms with Crippen LogP contribution in [0.3, 0.4) is 0 Å². The summed E-state index contributed by atoms with van der Waals surface area (Å²) >= 11 is 8.89. The molecule has 0 saturated carbocycles. The summed E-state index contributed by atoms with van der Waals surface area (Å²) in [4.78, 5) is 0. The molecule has 1 unspecified atom stereocenters. The molecule has 0 N–H and O–H groups in total. The van der Waals surface area contributed by atoms with Crippen molar-refractivity contribution in [2.45, 2.75) is 5.92 Å². The highest BCUT2D eigenvalue weighted by atomic mass is 79.9. The summed E-state index contributed by atoms with van der Waals surface area (Å²) in [7, 11) is 0. The van der Waals surface area contributed by atoms with Crippen LogP contribution in [0.15, 0.2) is 18.2 Å². The first-order valence-corrected chi connectivity index (χ1v) is 4.99. The molecule has 0 aromatic heterocycles. The largest absolute Gasteiger partial charge is 0.205 e. The predicted octanol–water partition coefficient (Wildman–Crippen LogP) is 3.79. The summed E-state index contributed by atoms with van der Waals surface area (Å²) in [6, 6.07) is 4.66. The lowest BCUT2D eigenvalue weighted by Crippen LogP contribution is -1.94. The predicted molar refractivity (Wildman–Crippen MR) is 53.3 cm³/mol. The molecule has 0 aliphatic carbocycles. The molecular formula is C9H8BrClF. The number of rotatable bonds is 2. The fourth-order valence-corrected chi connectivity index (χ4v) is 1.42. The van der Waals surface area contributed by atoms with Gasteiger partial charge in [-0.3, -0.25) is 0 Å². The molecule has 0 fully saturated rings. The maximum atomic E-state index is 12.7. The molecule has 0 aliphatic rings. The first-order valence-electron chi connectivity index (χ1n) is 3.49. The highest BCUT2D eigenvalue weighted by molar-refractivity contribution is 9.09. The van der Waals surface area contributed by atoms with Gasteiger partial charge in [-0.1, -0.05) is 33.6 Å². The van der Waals surface area contributed by atoms with Crippen LogP contribution in [0.2, 0.25) is 5.02 Å². The molecule has 0 aliphatic heterocycles. The second-order valence-electron chi connectivity index (χ2n) is 2.52. The van der Waals surface area contributed by atoms with Gasteiger partial charge in [-0.05, 0) is 30.5 Å². The highest BCUT2D eigenvalue weighted by Gasteiger charge is 2.06. The Labute approximate surface area is 84.9 Å². The van der Waals surface area contributed by atoms with Gasteiger partial charge in [0.25, 0.3) is 0 Å². The normalized spacial score (nSPS) is 13.0. The molecule has 1 rings (SSSR count). The Balaban J connectivity index is 2.96. The third-order valence-electron chi connectivity index (χ3n) is 1.60. The van der Waals surface area contributed by atoms with Gasteiger partial charge in [0.05, 0.1) is 5.02 Å². The Kier molecular flexibility index (Phi) is 3.53. The van der Waals surface area contributed by atoms with E-state index < -0.39 is 0 Å². The van der Waals surface area contributed by atoms with Crippen LogP contribution in [0.4, 0.5) is 4.39 Å². The van der Waals surface area contributed by atoms with E-state index >= 15 is 0 Å². The third kappa shape index (κ3) is 2.20. The van der Waals surface area contributed by atoms with E-state index in [1.165, 1.54) is 6.07 Å². The maximum Gasteiger partial charge on any atom is 0.141 e. The van der Waals surface area contributed by atoms with Gasteiger partial charge in [-0.25, -0.2) is 4.39 Å². The van der Waals surface area contributed by atoms with E-state index in [4.69, 9.17) is 11.6 Å². The smallest absolute Gasteiger partial charge is 0.141 e. The zero-order valence-electron chi connectivity index (χ0n) is 6.36. The Morgan fingerprint density at radius 1 is 1.58 bits per heavy atom. The van der Waals surface area contributed by atoms with E-state index in [-0.39, 0.29) is 16.8 Å². The minimum atomic E-state index is -0.387.